The van der Waals surface area contributed by atoms with Gasteiger partial charge in [0.2, 0.25) is 5.91 Å². The van der Waals surface area contributed by atoms with Crippen LogP contribution in [-0.4, -0.2) is 55.1 Å². The third-order valence-corrected chi connectivity index (χ3v) is 5.56. The summed E-state index contributed by atoms with van der Waals surface area (Å²) in [6.45, 7) is 0.670. The molecule has 1 saturated heterocycles. The van der Waals surface area contributed by atoms with E-state index >= 15 is 0 Å². The second-order valence-electron chi connectivity index (χ2n) is 7.82. The van der Waals surface area contributed by atoms with Gasteiger partial charge in [-0.2, -0.15) is 5.26 Å². The van der Waals surface area contributed by atoms with Crippen molar-refractivity contribution >= 4 is 17.9 Å². The quantitative estimate of drug-likeness (QED) is 0.589. The molecule has 0 aromatic heterocycles. The van der Waals surface area contributed by atoms with Gasteiger partial charge in [0.25, 0.3) is 5.91 Å². The van der Waals surface area contributed by atoms with Crippen LogP contribution in [0.2, 0.25) is 0 Å². The number of likely N-dealkylation sites (tertiary alicyclic amines) is 1. The Morgan fingerprint density at radius 2 is 1.88 bits per heavy atom. The summed E-state index contributed by atoms with van der Waals surface area (Å²) < 4.78 is 10.4. The van der Waals surface area contributed by atoms with E-state index < -0.39 is 24.1 Å². The summed E-state index contributed by atoms with van der Waals surface area (Å²) in [6.07, 6.45) is 0.831. The number of nitrogens with zero attached hydrogens (tertiary/aromatic N) is 2. The molecule has 2 aromatic rings. The molecule has 9 heteroatoms. The van der Waals surface area contributed by atoms with Gasteiger partial charge in [0.05, 0.1) is 18.7 Å². The molecule has 0 bridgehead atoms. The maximum Gasteiger partial charge on any atom is 0.407 e. The molecule has 34 heavy (non-hydrogen) atoms. The zero-order valence-electron chi connectivity index (χ0n) is 19.0. The van der Waals surface area contributed by atoms with E-state index in [1.807, 2.05) is 30.3 Å². The van der Waals surface area contributed by atoms with E-state index in [9.17, 15) is 19.6 Å². The molecule has 1 aliphatic rings. The molecule has 1 aliphatic heterocycles. The minimum absolute atomic E-state index is 0.0985. The number of rotatable bonds is 9. The molecule has 0 unspecified atom stereocenters. The van der Waals surface area contributed by atoms with Crippen LogP contribution in [0.4, 0.5) is 4.79 Å². The maximum atomic E-state index is 13.2. The number of hydrogen-bond donors (Lipinski definition) is 2. The maximum absolute atomic E-state index is 13.2. The molecule has 9 nitrogen and oxygen atoms in total. The van der Waals surface area contributed by atoms with Gasteiger partial charge in [0.1, 0.15) is 24.4 Å². The summed E-state index contributed by atoms with van der Waals surface area (Å²) in [5.74, 6) is -0.452. The molecule has 2 N–H and O–H groups in total. The van der Waals surface area contributed by atoms with Crippen molar-refractivity contribution in [2.45, 2.75) is 38.0 Å². The van der Waals surface area contributed by atoms with Gasteiger partial charge in [0, 0.05) is 13.1 Å². The van der Waals surface area contributed by atoms with Crippen LogP contribution in [0.1, 0.15) is 35.2 Å². The number of alkyl carbamates (subject to hydrolysis) is 1. The van der Waals surface area contributed by atoms with Crippen LogP contribution in [0.5, 0.6) is 5.75 Å². The van der Waals surface area contributed by atoms with Crippen molar-refractivity contribution in [2.24, 2.45) is 0 Å². The van der Waals surface area contributed by atoms with E-state index in [0.717, 1.165) is 12.0 Å². The highest BCUT2D eigenvalue weighted by Crippen LogP contribution is 2.20. The Balaban J connectivity index is 1.63. The molecule has 1 fully saturated rings. The first-order valence-corrected chi connectivity index (χ1v) is 11.1. The van der Waals surface area contributed by atoms with Crippen molar-refractivity contribution in [3.05, 3.63) is 65.7 Å². The Labute approximate surface area is 198 Å². The van der Waals surface area contributed by atoms with Crippen LogP contribution >= 0.6 is 0 Å². The van der Waals surface area contributed by atoms with Crippen molar-refractivity contribution in [1.29, 1.82) is 5.26 Å². The van der Waals surface area contributed by atoms with Crippen LogP contribution in [0.15, 0.2) is 54.6 Å². The predicted molar refractivity (Wildman–Crippen MR) is 124 cm³/mol. The summed E-state index contributed by atoms with van der Waals surface area (Å²) in [7, 11) is 1.46. The zero-order chi connectivity index (χ0) is 24.3. The van der Waals surface area contributed by atoms with Gasteiger partial charge < -0.3 is 25.0 Å². The number of nitriles is 1. The van der Waals surface area contributed by atoms with Gasteiger partial charge in [-0.15, -0.1) is 0 Å². The van der Waals surface area contributed by atoms with Crippen LogP contribution in [0, 0.1) is 11.3 Å². The fraction of sp³-hybridized carbons (Fsp3) is 0.360. The lowest BCUT2D eigenvalue weighted by molar-refractivity contribution is -0.133. The van der Waals surface area contributed by atoms with Crippen LogP contribution in [0.25, 0.3) is 0 Å². The number of para-hydroxylation sites is 1. The molecule has 178 valence electrons. The lowest BCUT2D eigenvalue weighted by atomic mass is 10.1. The number of amides is 3. The van der Waals surface area contributed by atoms with E-state index in [4.69, 9.17) is 9.47 Å². The standard InChI is InChI=1S/C25H28N4O5/c1-33-22-12-6-5-11-20(22)23(30)28-21(24(31)29-15-7-10-19(29)16-26)13-14-27-25(32)34-17-18-8-3-2-4-9-18/h2-6,8-9,11-12,19,21H,7,10,13-15,17H2,1H3,(H,27,32)(H,28,30)/t19-,21-/m0/s1. The number of carbonyl (C=O) groups excluding carboxylic acids is 3. The molecule has 2 atom stereocenters. The normalized spacial score (nSPS) is 15.6. The third-order valence-electron chi connectivity index (χ3n) is 5.56. The summed E-state index contributed by atoms with van der Waals surface area (Å²) in [6, 6.07) is 16.6. The Kier molecular flexibility index (Phi) is 8.86. The summed E-state index contributed by atoms with van der Waals surface area (Å²) in [5.41, 5.74) is 1.14. The van der Waals surface area contributed by atoms with Gasteiger partial charge in [-0.3, -0.25) is 9.59 Å². The van der Waals surface area contributed by atoms with E-state index in [-0.39, 0.29) is 31.0 Å². The van der Waals surface area contributed by atoms with E-state index in [1.54, 1.807) is 24.3 Å². The molecule has 0 spiro atoms. The average molecular weight is 465 g/mol. The second-order valence-corrected chi connectivity index (χ2v) is 7.82. The van der Waals surface area contributed by atoms with Gasteiger partial charge in [-0.25, -0.2) is 4.79 Å². The molecule has 0 saturated carbocycles. The molecular weight excluding hydrogens is 436 g/mol. The molecule has 1 heterocycles. The van der Waals surface area contributed by atoms with Crippen molar-refractivity contribution in [1.82, 2.24) is 15.5 Å². The monoisotopic (exact) mass is 464 g/mol. The number of methoxy groups -OCH3 is 1. The topological polar surface area (TPSA) is 121 Å². The first-order valence-electron chi connectivity index (χ1n) is 11.1. The third kappa shape index (κ3) is 6.48. The van der Waals surface area contributed by atoms with Gasteiger partial charge >= 0.3 is 6.09 Å². The van der Waals surface area contributed by atoms with Crippen LogP contribution in [0.3, 0.4) is 0 Å². The Morgan fingerprint density at radius 3 is 2.62 bits per heavy atom. The van der Waals surface area contributed by atoms with E-state index in [1.165, 1.54) is 12.0 Å². The summed E-state index contributed by atoms with van der Waals surface area (Å²) in [5, 5.41) is 14.7. The number of nitrogens with one attached hydrogen (secondary N) is 2. The highest BCUT2D eigenvalue weighted by atomic mass is 16.5. The molecule has 3 rings (SSSR count). The minimum Gasteiger partial charge on any atom is -0.496 e. The summed E-state index contributed by atoms with van der Waals surface area (Å²) >= 11 is 0. The fourth-order valence-corrected chi connectivity index (χ4v) is 3.78. The first kappa shape index (κ1) is 24.6. The van der Waals surface area contributed by atoms with Crippen molar-refractivity contribution < 1.29 is 23.9 Å². The highest BCUT2D eigenvalue weighted by Gasteiger charge is 2.34. The molecule has 2 aromatic carbocycles. The minimum atomic E-state index is -0.930. The number of carbonyl (C=O) groups is 3. The largest absolute Gasteiger partial charge is 0.496 e. The molecular formula is C25H28N4O5. The van der Waals surface area contributed by atoms with E-state index in [0.29, 0.717) is 18.7 Å². The number of hydrogen-bond acceptors (Lipinski definition) is 6. The smallest absolute Gasteiger partial charge is 0.407 e. The highest BCUT2D eigenvalue weighted by molar-refractivity contribution is 5.99. The molecule has 0 radical (unpaired) electrons. The van der Waals surface area contributed by atoms with Crippen molar-refractivity contribution in [3.63, 3.8) is 0 Å². The van der Waals surface area contributed by atoms with Gasteiger partial charge in [-0.1, -0.05) is 42.5 Å². The van der Waals surface area contributed by atoms with Crippen LogP contribution < -0.4 is 15.4 Å². The lowest BCUT2D eigenvalue weighted by Gasteiger charge is -2.26. The Hall–Kier alpha value is -4.06. The first-order chi connectivity index (χ1) is 16.5. The zero-order valence-corrected chi connectivity index (χ0v) is 19.0. The van der Waals surface area contributed by atoms with Crippen molar-refractivity contribution in [2.75, 3.05) is 20.2 Å². The number of ether oxygens (including phenoxy) is 2. The number of benzene rings is 2. The second kappa shape index (κ2) is 12.3. The predicted octanol–water partition coefficient (Wildman–Crippen LogP) is 2.62. The van der Waals surface area contributed by atoms with Gasteiger partial charge in [-0.05, 0) is 37.0 Å². The Morgan fingerprint density at radius 1 is 1.15 bits per heavy atom. The van der Waals surface area contributed by atoms with Gasteiger partial charge in [0.15, 0.2) is 0 Å². The lowest BCUT2D eigenvalue weighted by Crippen LogP contribution is -2.51. The Bertz CT molecular complexity index is 1040. The molecule has 0 aliphatic carbocycles. The fourth-order valence-electron chi connectivity index (χ4n) is 3.78. The SMILES string of the molecule is COc1ccccc1C(=O)N[C@@H](CCNC(=O)OCc1ccccc1)C(=O)N1CCC[C@H]1C#N. The van der Waals surface area contributed by atoms with Crippen LogP contribution in [-0.2, 0) is 16.1 Å². The van der Waals surface area contributed by atoms with E-state index in [2.05, 4.69) is 16.7 Å². The average Bonchev–Trinajstić information content (AvgIpc) is 3.36. The summed E-state index contributed by atoms with van der Waals surface area (Å²) in [4.78, 5) is 39.7. The van der Waals surface area contributed by atoms with Crippen molar-refractivity contribution in [3.8, 4) is 11.8 Å². The molecule has 3 amide bonds.